The molecule has 0 N–H and O–H groups in total. The largest absolute Gasteiger partial charge is 0.495 e. The molecule has 0 unspecified atom stereocenters. The lowest BCUT2D eigenvalue weighted by atomic mass is 10.2. The Hall–Kier alpha value is -3.34. The van der Waals surface area contributed by atoms with Gasteiger partial charge in [0.05, 0.1) is 24.2 Å². The Morgan fingerprint density at radius 1 is 1.22 bits per heavy atom. The van der Waals surface area contributed by atoms with Crippen molar-refractivity contribution in [2.45, 2.75) is 6.42 Å². The van der Waals surface area contributed by atoms with Gasteiger partial charge < -0.3 is 4.74 Å². The average molecular weight is 392 g/mol. The van der Waals surface area contributed by atoms with Crippen LogP contribution in [-0.4, -0.2) is 47.4 Å². The van der Waals surface area contributed by atoms with Crippen LogP contribution in [-0.2, 0) is 20.5 Å². The van der Waals surface area contributed by atoms with Crippen LogP contribution in [0.2, 0.25) is 5.02 Å². The van der Waals surface area contributed by atoms with Gasteiger partial charge in [-0.05, 0) is 28.6 Å². The fourth-order valence-electron chi connectivity index (χ4n) is 2.40. The van der Waals surface area contributed by atoms with Gasteiger partial charge in [-0.1, -0.05) is 11.6 Å². The zero-order valence-corrected chi connectivity index (χ0v) is 15.3. The van der Waals surface area contributed by atoms with E-state index in [9.17, 15) is 14.4 Å². The van der Waals surface area contributed by atoms with E-state index in [0.29, 0.717) is 5.75 Å². The molecule has 0 saturated heterocycles. The predicted octanol–water partition coefficient (Wildman–Crippen LogP) is -0.458. The van der Waals surface area contributed by atoms with E-state index in [0.717, 1.165) is 9.25 Å². The molecule has 3 rings (SSSR count). The highest BCUT2D eigenvalue weighted by Gasteiger charge is 2.21. The molecule has 140 valence electrons. The van der Waals surface area contributed by atoms with Gasteiger partial charge in [-0.3, -0.25) is 9.59 Å². The lowest BCUT2D eigenvalue weighted by Gasteiger charge is -2.10. The number of aromatic nitrogens is 7. The van der Waals surface area contributed by atoms with Gasteiger partial charge in [0.1, 0.15) is 5.75 Å². The summed E-state index contributed by atoms with van der Waals surface area (Å²) in [6.07, 6.45) is -0.243. The third-order valence-electron chi connectivity index (χ3n) is 3.81. The van der Waals surface area contributed by atoms with Gasteiger partial charge in [0.15, 0.2) is 17.3 Å². The molecule has 0 atom stereocenters. The van der Waals surface area contributed by atoms with Crippen LogP contribution in [0.3, 0.4) is 0 Å². The normalized spacial score (nSPS) is 10.8. The Bertz CT molecular complexity index is 1150. The second-order valence-electron chi connectivity index (χ2n) is 5.53. The van der Waals surface area contributed by atoms with Gasteiger partial charge in [-0.2, -0.15) is 5.10 Å². The first-order chi connectivity index (χ1) is 12.8. The molecule has 3 aromatic rings. The number of benzene rings is 1. The summed E-state index contributed by atoms with van der Waals surface area (Å²) in [6.45, 7) is 0. The molecule has 12 heteroatoms. The van der Waals surface area contributed by atoms with Crippen molar-refractivity contribution >= 4 is 17.4 Å². The molecule has 0 amide bonds. The van der Waals surface area contributed by atoms with Gasteiger partial charge in [0.25, 0.3) is 5.56 Å². The number of ether oxygens (including phenoxy) is 1. The quantitative estimate of drug-likeness (QED) is 0.535. The van der Waals surface area contributed by atoms with Crippen LogP contribution in [0.1, 0.15) is 16.3 Å². The first-order valence-electron chi connectivity index (χ1n) is 7.62. The number of halogens is 1. The van der Waals surface area contributed by atoms with Crippen molar-refractivity contribution in [2.75, 3.05) is 7.11 Å². The van der Waals surface area contributed by atoms with Crippen LogP contribution in [0.15, 0.2) is 27.8 Å². The van der Waals surface area contributed by atoms with Gasteiger partial charge >= 0.3 is 5.69 Å². The van der Waals surface area contributed by atoms with Gasteiger partial charge in [0.2, 0.25) is 0 Å². The molecule has 0 spiro atoms. The fourth-order valence-corrected chi connectivity index (χ4v) is 2.65. The number of hydrogen-bond donors (Lipinski definition) is 0. The molecule has 0 aliphatic carbocycles. The molecular weight excluding hydrogens is 378 g/mol. The second-order valence-corrected chi connectivity index (χ2v) is 5.94. The fraction of sp³-hybridized carbons (Fsp3) is 0.267. The van der Waals surface area contributed by atoms with Crippen molar-refractivity contribution in [1.82, 2.24) is 34.6 Å². The van der Waals surface area contributed by atoms with Crippen molar-refractivity contribution < 1.29 is 9.53 Å². The summed E-state index contributed by atoms with van der Waals surface area (Å²) in [4.78, 5) is 37.8. The number of hydrogen-bond acceptors (Lipinski definition) is 8. The topological polar surface area (TPSA) is 127 Å². The summed E-state index contributed by atoms with van der Waals surface area (Å²) in [6, 6.07) is 4.38. The van der Waals surface area contributed by atoms with Crippen molar-refractivity contribution in [3.63, 3.8) is 0 Å². The number of ketones is 1. The van der Waals surface area contributed by atoms with Gasteiger partial charge in [0, 0.05) is 14.1 Å². The van der Waals surface area contributed by atoms with E-state index in [1.165, 1.54) is 37.0 Å². The lowest BCUT2D eigenvalue weighted by molar-refractivity contribution is 0.0980. The zero-order valence-electron chi connectivity index (χ0n) is 14.6. The SMILES string of the molecule is COc1ccc(-n2c(=O)c(C(=O)Cc3nnnn3C)nn(C)c2=O)cc1Cl. The molecule has 0 aliphatic rings. The molecule has 2 aromatic heterocycles. The van der Waals surface area contributed by atoms with Crippen LogP contribution >= 0.6 is 11.6 Å². The molecular formula is C15H14ClN7O4. The highest BCUT2D eigenvalue weighted by Crippen LogP contribution is 2.25. The summed E-state index contributed by atoms with van der Waals surface area (Å²) in [5, 5.41) is 14.8. The maximum Gasteiger partial charge on any atom is 0.351 e. The van der Waals surface area contributed by atoms with Crippen molar-refractivity contribution in [3.8, 4) is 11.4 Å². The van der Waals surface area contributed by atoms with Crippen LogP contribution in [0.25, 0.3) is 5.69 Å². The zero-order chi connectivity index (χ0) is 19.7. The average Bonchev–Trinajstić information content (AvgIpc) is 3.03. The van der Waals surface area contributed by atoms with E-state index in [1.54, 1.807) is 7.05 Å². The second kappa shape index (κ2) is 7.11. The van der Waals surface area contributed by atoms with Crippen molar-refractivity contribution in [1.29, 1.82) is 0 Å². The number of methoxy groups -OCH3 is 1. The van der Waals surface area contributed by atoms with Crippen LogP contribution < -0.4 is 16.0 Å². The highest BCUT2D eigenvalue weighted by atomic mass is 35.5. The van der Waals surface area contributed by atoms with E-state index in [2.05, 4.69) is 20.6 Å². The third-order valence-corrected chi connectivity index (χ3v) is 4.10. The first-order valence-corrected chi connectivity index (χ1v) is 8.00. The van der Waals surface area contributed by atoms with E-state index in [-0.39, 0.29) is 23.0 Å². The summed E-state index contributed by atoms with van der Waals surface area (Å²) >= 11 is 6.08. The Balaban J connectivity index is 2.12. The summed E-state index contributed by atoms with van der Waals surface area (Å²) in [5.74, 6) is 0.0152. The van der Waals surface area contributed by atoms with Gasteiger partial charge in [-0.15, -0.1) is 5.10 Å². The molecule has 1 aromatic carbocycles. The van der Waals surface area contributed by atoms with Crippen LogP contribution in [0, 0.1) is 0 Å². The lowest BCUT2D eigenvalue weighted by Crippen LogP contribution is -2.43. The number of carbonyl (C=O) groups excluding carboxylic acids is 1. The molecule has 2 heterocycles. The van der Waals surface area contributed by atoms with E-state index >= 15 is 0 Å². The predicted molar refractivity (Wildman–Crippen MR) is 93.5 cm³/mol. The summed E-state index contributed by atoms with van der Waals surface area (Å²) < 4.78 is 8.09. The summed E-state index contributed by atoms with van der Waals surface area (Å²) in [5.41, 5.74) is -1.81. The Kier molecular flexibility index (Phi) is 4.86. The number of Topliss-reactive ketones (excluding diaryl/α,β-unsaturated/α-hetero) is 1. The molecule has 27 heavy (non-hydrogen) atoms. The van der Waals surface area contributed by atoms with Crippen LogP contribution in [0.4, 0.5) is 0 Å². The number of carbonyl (C=O) groups is 1. The number of nitrogens with zero attached hydrogens (tertiary/aromatic N) is 7. The monoisotopic (exact) mass is 391 g/mol. The highest BCUT2D eigenvalue weighted by molar-refractivity contribution is 6.32. The Morgan fingerprint density at radius 2 is 1.96 bits per heavy atom. The minimum Gasteiger partial charge on any atom is -0.495 e. The molecule has 0 saturated carbocycles. The Morgan fingerprint density at radius 3 is 2.56 bits per heavy atom. The summed E-state index contributed by atoms with van der Waals surface area (Å²) in [7, 11) is 4.34. The minimum atomic E-state index is -0.862. The Labute approximate surface area is 156 Å². The van der Waals surface area contributed by atoms with Gasteiger partial charge in [-0.25, -0.2) is 18.7 Å². The number of rotatable bonds is 5. The van der Waals surface area contributed by atoms with E-state index in [4.69, 9.17) is 16.3 Å². The smallest absolute Gasteiger partial charge is 0.351 e. The third kappa shape index (κ3) is 3.36. The number of tetrazole rings is 1. The molecule has 0 aliphatic heterocycles. The van der Waals surface area contributed by atoms with Crippen LogP contribution in [0.5, 0.6) is 5.75 Å². The molecule has 0 bridgehead atoms. The standard InChI is InChI=1S/C15H14ClN7O4/c1-21-12(17-19-20-21)7-10(24)13-14(25)23(15(26)22(2)18-13)8-4-5-11(27-3)9(16)6-8/h4-6H,7H2,1-3H3. The van der Waals surface area contributed by atoms with Crippen molar-refractivity contribution in [2.24, 2.45) is 14.1 Å². The van der Waals surface area contributed by atoms with E-state index < -0.39 is 22.7 Å². The van der Waals surface area contributed by atoms with Crippen molar-refractivity contribution in [3.05, 3.63) is 55.6 Å². The minimum absolute atomic E-state index is 0.183. The molecule has 0 radical (unpaired) electrons. The number of aryl methyl sites for hydroxylation is 2. The molecule has 11 nitrogen and oxygen atoms in total. The van der Waals surface area contributed by atoms with E-state index in [1.807, 2.05) is 0 Å². The first kappa shape index (κ1) is 18.5. The molecule has 0 fully saturated rings. The maximum atomic E-state index is 12.8. The maximum absolute atomic E-state index is 12.8.